The maximum Gasteiger partial charge on any atom is 0.263 e. The Morgan fingerprint density at radius 2 is 2.38 bits per heavy atom. The second-order valence-corrected chi connectivity index (χ2v) is 6.37. The SMILES string of the molecule is CC1OCCC1CNC(=O)c1sc2ccc(F)cc2c1N. The van der Waals surface area contributed by atoms with Crippen LogP contribution >= 0.6 is 11.3 Å². The minimum absolute atomic E-state index is 0.166. The molecule has 4 nitrogen and oxygen atoms in total. The Balaban J connectivity index is 1.76. The average Bonchev–Trinajstić information content (AvgIpc) is 3.01. The summed E-state index contributed by atoms with van der Waals surface area (Å²) in [7, 11) is 0. The van der Waals surface area contributed by atoms with Gasteiger partial charge in [0, 0.05) is 29.2 Å². The van der Waals surface area contributed by atoms with Crippen LogP contribution in [0.15, 0.2) is 18.2 Å². The zero-order valence-electron chi connectivity index (χ0n) is 11.7. The van der Waals surface area contributed by atoms with E-state index in [1.807, 2.05) is 6.92 Å². The van der Waals surface area contributed by atoms with E-state index in [1.165, 1.54) is 23.5 Å². The average molecular weight is 308 g/mol. The van der Waals surface area contributed by atoms with Gasteiger partial charge in [-0.15, -0.1) is 11.3 Å². The molecule has 1 aromatic heterocycles. The first-order chi connectivity index (χ1) is 10.1. The summed E-state index contributed by atoms with van der Waals surface area (Å²) in [5, 5.41) is 3.51. The van der Waals surface area contributed by atoms with Crippen LogP contribution in [-0.2, 0) is 4.74 Å². The predicted octanol–water partition coefficient (Wildman–Crippen LogP) is 2.78. The highest BCUT2D eigenvalue weighted by Crippen LogP contribution is 2.34. The molecule has 0 radical (unpaired) electrons. The topological polar surface area (TPSA) is 64.3 Å². The molecule has 21 heavy (non-hydrogen) atoms. The van der Waals surface area contributed by atoms with Crippen LogP contribution in [0.5, 0.6) is 0 Å². The van der Waals surface area contributed by atoms with Gasteiger partial charge in [-0.3, -0.25) is 4.79 Å². The number of hydrogen-bond donors (Lipinski definition) is 2. The van der Waals surface area contributed by atoms with E-state index in [1.54, 1.807) is 6.07 Å². The lowest BCUT2D eigenvalue weighted by molar-refractivity contribution is 0.0911. The highest BCUT2D eigenvalue weighted by Gasteiger charge is 2.25. The predicted molar refractivity (Wildman–Crippen MR) is 82.0 cm³/mol. The second-order valence-electron chi connectivity index (χ2n) is 5.32. The van der Waals surface area contributed by atoms with Gasteiger partial charge in [0.2, 0.25) is 0 Å². The van der Waals surface area contributed by atoms with Crippen LogP contribution < -0.4 is 11.1 Å². The molecule has 1 saturated heterocycles. The number of carbonyl (C=O) groups excluding carboxylic acids is 1. The van der Waals surface area contributed by atoms with Gasteiger partial charge in [0.15, 0.2) is 0 Å². The van der Waals surface area contributed by atoms with E-state index in [0.29, 0.717) is 28.4 Å². The highest BCUT2D eigenvalue weighted by atomic mass is 32.1. The Kier molecular flexibility index (Phi) is 3.82. The fourth-order valence-electron chi connectivity index (χ4n) is 2.61. The van der Waals surface area contributed by atoms with Gasteiger partial charge in [0.25, 0.3) is 5.91 Å². The van der Waals surface area contributed by atoms with Crippen molar-refractivity contribution in [1.82, 2.24) is 5.32 Å². The first-order valence-electron chi connectivity index (χ1n) is 6.93. The zero-order valence-corrected chi connectivity index (χ0v) is 12.5. The number of nitrogen functional groups attached to an aromatic ring is 1. The number of carbonyl (C=O) groups is 1. The van der Waals surface area contributed by atoms with Crippen LogP contribution in [-0.4, -0.2) is 25.2 Å². The Morgan fingerprint density at radius 3 is 3.10 bits per heavy atom. The van der Waals surface area contributed by atoms with Gasteiger partial charge < -0.3 is 15.8 Å². The summed E-state index contributed by atoms with van der Waals surface area (Å²) in [6, 6.07) is 4.39. The molecule has 2 atom stereocenters. The minimum atomic E-state index is -0.351. The summed E-state index contributed by atoms with van der Waals surface area (Å²) < 4.78 is 19.5. The number of halogens is 1. The minimum Gasteiger partial charge on any atom is -0.397 e. The summed E-state index contributed by atoms with van der Waals surface area (Å²) in [4.78, 5) is 12.7. The number of nitrogens with one attached hydrogen (secondary N) is 1. The molecule has 0 aliphatic carbocycles. The van der Waals surface area contributed by atoms with Crippen LogP contribution in [0, 0.1) is 11.7 Å². The molecule has 0 spiro atoms. The van der Waals surface area contributed by atoms with Crippen LogP contribution in [0.2, 0.25) is 0 Å². The molecule has 3 N–H and O–H groups in total. The van der Waals surface area contributed by atoms with E-state index in [-0.39, 0.29) is 17.8 Å². The smallest absolute Gasteiger partial charge is 0.263 e. The monoisotopic (exact) mass is 308 g/mol. The van der Waals surface area contributed by atoms with E-state index in [2.05, 4.69) is 5.32 Å². The maximum absolute atomic E-state index is 13.3. The van der Waals surface area contributed by atoms with Crippen LogP contribution in [0.3, 0.4) is 0 Å². The standard InChI is InChI=1S/C15H17FN2O2S/c1-8-9(4-5-20-8)7-18-15(19)14-13(17)11-6-10(16)2-3-12(11)21-14/h2-3,6,8-9H,4-5,7,17H2,1H3,(H,18,19). The normalized spacial score (nSPS) is 21.8. The molecule has 1 amide bonds. The van der Waals surface area contributed by atoms with Gasteiger partial charge >= 0.3 is 0 Å². The van der Waals surface area contributed by atoms with Gasteiger partial charge in [-0.25, -0.2) is 4.39 Å². The third kappa shape index (κ3) is 2.73. The molecule has 2 aromatic rings. The lowest BCUT2D eigenvalue weighted by atomic mass is 10.0. The Hall–Kier alpha value is -1.66. The van der Waals surface area contributed by atoms with Crippen molar-refractivity contribution in [3.05, 3.63) is 28.9 Å². The van der Waals surface area contributed by atoms with Crippen molar-refractivity contribution in [2.75, 3.05) is 18.9 Å². The molecule has 1 aliphatic heterocycles. The fraction of sp³-hybridized carbons (Fsp3) is 0.400. The van der Waals surface area contributed by atoms with Crippen LogP contribution in [0.25, 0.3) is 10.1 Å². The molecule has 1 fully saturated rings. The molecular weight excluding hydrogens is 291 g/mol. The first-order valence-corrected chi connectivity index (χ1v) is 7.75. The highest BCUT2D eigenvalue weighted by molar-refractivity contribution is 7.21. The molecule has 0 saturated carbocycles. The molecule has 0 bridgehead atoms. The molecular formula is C15H17FN2O2S. The molecule has 112 valence electrons. The largest absolute Gasteiger partial charge is 0.397 e. The third-order valence-electron chi connectivity index (χ3n) is 3.95. The van der Waals surface area contributed by atoms with Crippen molar-refractivity contribution in [3.8, 4) is 0 Å². The number of ether oxygens (including phenoxy) is 1. The molecule has 1 aromatic carbocycles. The summed E-state index contributed by atoms with van der Waals surface area (Å²) >= 11 is 1.29. The van der Waals surface area contributed by atoms with Crippen molar-refractivity contribution >= 4 is 33.0 Å². The third-order valence-corrected chi connectivity index (χ3v) is 5.14. The summed E-state index contributed by atoms with van der Waals surface area (Å²) in [6.07, 6.45) is 1.12. The fourth-order valence-corrected chi connectivity index (χ4v) is 3.63. The lowest BCUT2D eigenvalue weighted by Gasteiger charge is -2.14. The number of amides is 1. The van der Waals surface area contributed by atoms with E-state index in [9.17, 15) is 9.18 Å². The number of fused-ring (bicyclic) bond motifs is 1. The van der Waals surface area contributed by atoms with E-state index >= 15 is 0 Å². The summed E-state index contributed by atoms with van der Waals surface area (Å²) in [5.41, 5.74) is 6.33. The van der Waals surface area contributed by atoms with Crippen molar-refractivity contribution in [3.63, 3.8) is 0 Å². The van der Waals surface area contributed by atoms with Crippen LogP contribution in [0.4, 0.5) is 10.1 Å². The Bertz CT molecular complexity index is 686. The first kappa shape index (κ1) is 14.3. The number of nitrogens with two attached hydrogens (primary N) is 1. The van der Waals surface area contributed by atoms with Gasteiger partial charge in [-0.1, -0.05) is 0 Å². The quantitative estimate of drug-likeness (QED) is 0.916. The van der Waals surface area contributed by atoms with Crippen molar-refractivity contribution in [2.45, 2.75) is 19.4 Å². The van der Waals surface area contributed by atoms with Crippen molar-refractivity contribution in [1.29, 1.82) is 0 Å². The van der Waals surface area contributed by atoms with E-state index in [4.69, 9.17) is 10.5 Å². The number of thiophene rings is 1. The summed E-state index contributed by atoms with van der Waals surface area (Å²) in [5.74, 6) is -0.217. The number of anilines is 1. The van der Waals surface area contributed by atoms with Gasteiger partial charge in [-0.2, -0.15) is 0 Å². The summed E-state index contributed by atoms with van der Waals surface area (Å²) in [6.45, 7) is 3.33. The Morgan fingerprint density at radius 1 is 1.57 bits per heavy atom. The van der Waals surface area contributed by atoms with E-state index < -0.39 is 0 Å². The van der Waals surface area contributed by atoms with Crippen LogP contribution in [0.1, 0.15) is 23.0 Å². The van der Waals surface area contributed by atoms with Gasteiger partial charge in [0.05, 0.1) is 11.8 Å². The lowest BCUT2D eigenvalue weighted by Crippen LogP contribution is -2.31. The number of benzene rings is 1. The van der Waals surface area contributed by atoms with Gasteiger partial charge in [-0.05, 0) is 31.5 Å². The zero-order chi connectivity index (χ0) is 15.0. The number of hydrogen-bond acceptors (Lipinski definition) is 4. The maximum atomic E-state index is 13.3. The number of rotatable bonds is 3. The van der Waals surface area contributed by atoms with Crippen molar-refractivity contribution in [2.24, 2.45) is 5.92 Å². The second kappa shape index (κ2) is 5.61. The Labute approximate surface area is 126 Å². The molecule has 2 heterocycles. The van der Waals surface area contributed by atoms with E-state index in [0.717, 1.165) is 17.7 Å². The van der Waals surface area contributed by atoms with Crippen molar-refractivity contribution < 1.29 is 13.9 Å². The molecule has 3 rings (SSSR count). The van der Waals surface area contributed by atoms with Gasteiger partial charge in [0.1, 0.15) is 10.7 Å². The molecule has 1 aliphatic rings. The molecule has 6 heteroatoms. The molecule has 2 unspecified atom stereocenters.